The summed E-state index contributed by atoms with van der Waals surface area (Å²) >= 11 is 0. The molecular formula is C34H48N2O3. The fraction of sp³-hybridized carbons (Fsp3) is 0.765. The van der Waals surface area contributed by atoms with Gasteiger partial charge in [0.1, 0.15) is 6.07 Å². The van der Waals surface area contributed by atoms with Crippen molar-refractivity contribution < 1.29 is 14.4 Å². The number of ketones is 2. The molecule has 0 unspecified atom stereocenters. The molecule has 39 heavy (non-hydrogen) atoms. The number of amides is 1. The molecule has 1 amide bonds. The van der Waals surface area contributed by atoms with E-state index < -0.39 is 16.2 Å². The van der Waals surface area contributed by atoms with E-state index in [2.05, 4.69) is 52.9 Å². The van der Waals surface area contributed by atoms with Crippen molar-refractivity contribution in [1.29, 1.82) is 5.26 Å². The second-order valence-electron chi connectivity index (χ2n) is 15.7. The van der Waals surface area contributed by atoms with Gasteiger partial charge in [-0.15, -0.1) is 0 Å². The lowest BCUT2D eigenvalue weighted by molar-refractivity contribution is -0.178. The lowest BCUT2D eigenvalue weighted by Crippen LogP contribution is -2.66. The zero-order chi connectivity index (χ0) is 28.8. The monoisotopic (exact) mass is 532 g/mol. The van der Waals surface area contributed by atoms with E-state index in [1.807, 2.05) is 26.0 Å². The molecule has 5 rings (SSSR count). The fourth-order valence-electron chi connectivity index (χ4n) is 10.4. The number of nitriles is 1. The number of rotatable bonds is 3. The molecule has 5 heteroatoms. The topological polar surface area (TPSA) is 87.0 Å². The highest BCUT2D eigenvalue weighted by atomic mass is 16.2. The first kappa shape index (κ1) is 28.3. The Labute approximate surface area is 235 Å². The summed E-state index contributed by atoms with van der Waals surface area (Å²) in [6, 6.07) is 2.19. The van der Waals surface area contributed by atoms with E-state index in [-0.39, 0.29) is 57.0 Å². The molecule has 1 N–H and O–H groups in total. The second kappa shape index (κ2) is 8.64. The van der Waals surface area contributed by atoms with Crippen LogP contribution in [0.5, 0.6) is 0 Å². The van der Waals surface area contributed by atoms with E-state index in [4.69, 9.17) is 0 Å². The Morgan fingerprint density at radius 2 is 1.69 bits per heavy atom. The van der Waals surface area contributed by atoms with Crippen LogP contribution in [0, 0.1) is 61.6 Å². The van der Waals surface area contributed by atoms with Gasteiger partial charge in [-0.25, -0.2) is 0 Å². The largest absolute Gasteiger partial charge is 0.356 e. The Kier molecular flexibility index (Phi) is 6.27. The molecule has 0 aromatic carbocycles. The molecule has 0 radical (unpaired) electrons. The van der Waals surface area contributed by atoms with E-state index in [0.29, 0.717) is 6.54 Å². The first-order valence-electron chi connectivity index (χ1n) is 15.3. The lowest BCUT2D eigenvalue weighted by atomic mass is 9.34. The molecule has 0 spiro atoms. The molecule has 0 saturated heterocycles. The zero-order valence-electron chi connectivity index (χ0n) is 25.4. The van der Waals surface area contributed by atoms with Crippen LogP contribution in [0.1, 0.15) is 107 Å². The van der Waals surface area contributed by atoms with Crippen LogP contribution in [-0.2, 0) is 14.4 Å². The molecule has 7 atom stereocenters. The van der Waals surface area contributed by atoms with Crippen molar-refractivity contribution in [2.45, 2.75) is 107 Å². The van der Waals surface area contributed by atoms with Crippen LogP contribution >= 0.6 is 0 Å². The summed E-state index contributed by atoms with van der Waals surface area (Å²) in [6.07, 6.45) is 10.9. The van der Waals surface area contributed by atoms with Gasteiger partial charge in [-0.1, -0.05) is 67.0 Å². The number of carbonyl (C=O) groups excluding carboxylic acids is 3. The third-order valence-electron chi connectivity index (χ3n) is 12.8. The number of Topliss-reactive ketones (excluding diaryl/α,β-unsaturated/α-hetero) is 1. The first-order chi connectivity index (χ1) is 18.0. The number of nitrogens with one attached hydrogen (secondary N) is 1. The molecule has 0 aromatic rings. The molecule has 0 aromatic heterocycles. The summed E-state index contributed by atoms with van der Waals surface area (Å²) in [5.41, 5.74) is -0.791. The Balaban J connectivity index is 1.67. The molecule has 0 bridgehead atoms. The van der Waals surface area contributed by atoms with Gasteiger partial charge in [0.25, 0.3) is 0 Å². The number of allylic oxidation sites excluding steroid dienone is 4. The average Bonchev–Trinajstić information content (AvgIpc) is 2.86. The Morgan fingerprint density at radius 1 is 1.03 bits per heavy atom. The predicted molar refractivity (Wildman–Crippen MR) is 152 cm³/mol. The molecule has 5 aliphatic rings. The summed E-state index contributed by atoms with van der Waals surface area (Å²) in [5.74, 6) is 0.0858. The minimum Gasteiger partial charge on any atom is -0.356 e. The Bertz CT molecular complexity index is 1230. The quantitative estimate of drug-likeness (QED) is 0.436. The lowest BCUT2D eigenvalue weighted by Gasteiger charge is -2.69. The highest BCUT2D eigenvalue weighted by Crippen LogP contribution is 2.74. The highest BCUT2D eigenvalue weighted by molar-refractivity contribution is 6.04. The SMILES string of the molecule is CCCNC(=O)[C@]12CCC(C)(C)C[C@H]1[C@H]1C(=O)C=C3[C@@]4(C)C=C(C#N)C(=O)C(C)(C)[C@@H]4CC[C@@]3(C)[C@]1(C)CC2. The number of hydrogen-bond acceptors (Lipinski definition) is 4. The van der Waals surface area contributed by atoms with E-state index >= 15 is 0 Å². The van der Waals surface area contributed by atoms with Gasteiger partial charge >= 0.3 is 0 Å². The zero-order valence-corrected chi connectivity index (χ0v) is 25.4. The molecule has 0 heterocycles. The molecule has 5 aliphatic carbocycles. The van der Waals surface area contributed by atoms with Gasteiger partial charge in [-0.05, 0) is 85.5 Å². The molecule has 5 nitrogen and oxygen atoms in total. The number of carbonyl (C=O) groups is 3. The van der Waals surface area contributed by atoms with Gasteiger partial charge in [0.15, 0.2) is 11.6 Å². The number of hydrogen-bond donors (Lipinski definition) is 1. The van der Waals surface area contributed by atoms with E-state index in [1.54, 1.807) is 0 Å². The minimum atomic E-state index is -0.663. The minimum absolute atomic E-state index is 0.0131. The van der Waals surface area contributed by atoms with E-state index in [0.717, 1.165) is 56.9 Å². The first-order valence-corrected chi connectivity index (χ1v) is 15.3. The smallest absolute Gasteiger partial charge is 0.226 e. The van der Waals surface area contributed by atoms with Gasteiger partial charge in [0.2, 0.25) is 5.91 Å². The predicted octanol–water partition coefficient (Wildman–Crippen LogP) is 6.73. The van der Waals surface area contributed by atoms with Gasteiger partial charge in [-0.2, -0.15) is 5.26 Å². The number of fused-ring (bicyclic) bond motifs is 7. The Hall–Kier alpha value is -2.22. The van der Waals surface area contributed by atoms with Crippen molar-refractivity contribution >= 4 is 17.5 Å². The van der Waals surface area contributed by atoms with Crippen LogP contribution in [0.3, 0.4) is 0 Å². The van der Waals surface area contributed by atoms with Crippen molar-refractivity contribution in [1.82, 2.24) is 5.32 Å². The number of nitrogens with zero attached hydrogens (tertiary/aromatic N) is 1. The van der Waals surface area contributed by atoms with E-state index in [9.17, 15) is 19.6 Å². The normalized spacial score (nSPS) is 43.9. The third kappa shape index (κ3) is 3.58. The van der Waals surface area contributed by atoms with Crippen LogP contribution in [0.25, 0.3) is 0 Å². The van der Waals surface area contributed by atoms with Gasteiger partial charge < -0.3 is 5.32 Å². The standard InChI is InChI=1S/C34H48N2O3/c1-9-16-36-28(39)34-14-12-29(2,3)19-22(34)26-23(37)17-25-31(6)18-21(20-35)27(38)30(4,5)24(31)10-11-32(25,7)33(26,8)13-15-34/h17-18,22,24,26H,9-16,19H2,1-8H3,(H,36,39)/t22-,24-,26-,31-,32+,33+,34-/m0/s1. The van der Waals surface area contributed by atoms with Crippen molar-refractivity contribution in [2.75, 3.05) is 6.54 Å². The van der Waals surface area contributed by atoms with Crippen LogP contribution < -0.4 is 5.32 Å². The molecule has 0 aliphatic heterocycles. The summed E-state index contributed by atoms with van der Waals surface area (Å²) < 4.78 is 0. The van der Waals surface area contributed by atoms with Crippen molar-refractivity contribution in [3.05, 3.63) is 23.3 Å². The second-order valence-corrected chi connectivity index (χ2v) is 15.7. The highest BCUT2D eigenvalue weighted by Gasteiger charge is 2.70. The molecule has 3 fully saturated rings. The van der Waals surface area contributed by atoms with Crippen LogP contribution in [-0.4, -0.2) is 24.0 Å². The van der Waals surface area contributed by atoms with Crippen molar-refractivity contribution in [2.24, 2.45) is 50.2 Å². The summed E-state index contributed by atoms with van der Waals surface area (Å²) in [6.45, 7) is 18.2. The van der Waals surface area contributed by atoms with Gasteiger partial charge in [0.05, 0.1) is 11.0 Å². The van der Waals surface area contributed by atoms with E-state index in [1.165, 1.54) is 0 Å². The maximum Gasteiger partial charge on any atom is 0.226 e. The Morgan fingerprint density at radius 3 is 2.33 bits per heavy atom. The third-order valence-corrected chi connectivity index (χ3v) is 12.8. The van der Waals surface area contributed by atoms with Crippen LogP contribution in [0.2, 0.25) is 0 Å². The maximum atomic E-state index is 14.5. The summed E-state index contributed by atoms with van der Waals surface area (Å²) in [4.78, 5) is 41.6. The van der Waals surface area contributed by atoms with Crippen LogP contribution in [0.15, 0.2) is 23.3 Å². The van der Waals surface area contributed by atoms with Crippen molar-refractivity contribution in [3.63, 3.8) is 0 Å². The fourth-order valence-corrected chi connectivity index (χ4v) is 10.4. The van der Waals surface area contributed by atoms with Gasteiger partial charge in [-0.3, -0.25) is 14.4 Å². The maximum absolute atomic E-state index is 14.5. The average molecular weight is 533 g/mol. The summed E-state index contributed by atoms with van der Waals surface area (Å²) in [5, 5.41) is 13.1. The van der Waals surface area contributed by atoms with Gasteiger partial charge in [0, 0.05) is 23.3 Å². The molecule has 3 saturated carbocycles. The van der Waals surface area contributed by atoms with Crippen molar-refractivity contribution in [3.8, 4) is 6.07 Å². The summed E-state index contributed by atoms with van der Waals surface area (Å²) in [7, 11) is 0. The molecule has 212 valence electrons. The van der Waals surface area contributed by atoms with Crippen LogP contribution in [0.4, 0.5) is 0 Å². The molecular weight excluding hydrogens is 484 g/mol.